The molecule has 104 valence electrons. The monoisotopic (exact) mass is 330 g/mol. The van der Waals surface area contributed by atoms with E-state index in [1.165, 1.54) is 6.07 Å². The van der Waals surface area contributed by atoms with Gasteiger partial charge in [0.25, 0.3) is 0 Å². The van der Waals surface area contributed by atoms with E-state index in [2.05, 4.69) is 26.6 Å². The van der Waals surface area contributed by atoms with Gasteiger partial charge in [-0.2, -0.15) is 0 Å². The molecule has 0 aliphatic carbocycles. The Bertz CT molecular complexity index is 470. The van der Waals surface area contributed by atoms with Gasteiger partial charge in [-0.15, -0.1) is 0 Å². The first kappa shape index (κ1) is 14.3. The van der Waals surface area contributed by atoms with Crippen molar-refractivity contribution in [2.75, 3.05) is 6.61 Å². The van der Waals surface area contributed by atoms with Crippen molar-refractivity contribution in [2.24, 2.45) is 0 Å². The molecule has 2 amide bonds. The van der Waals surface area contributed by atoms with Gasteiger partial charge in [-0.1, -0.05) is 22.0 Å². The van der Waals surface area contributed by atoms with Gasteiger partial charge in [-0.05, 0) is 25.5 Å². The normalized spacial score (nSPS) is 22.3. The lowest BCUT2D eigenvalue weighted by Gasteiger charge is -2.16. The average Bonchev–Trinajstić information content (AvgIpc) is 2.74. The molecule has 1 aromatic rings. The third kappa shape index (κ3) is 3.91. The first-order chi connectivity index (χ1) is 9.06. The van der Waals surface area contributed by atoms with Gasteiger partial charge in [-0.3, -0.25) is 0 Å². The topological polar surface area (TPSA) is 50.4 Å². The van der Waals surface area contributed by atoms with E-state index in [-0.39, 0.29) is 30.5 Å². The van der Waals surface area contributed by atoms with Gasteiger partial charge in [0, 0.05) is 23.2 Å². The van der Waals surface area contributed by atoms with E-state index >= 15 is 0 Å². The third-order valence-electron chi connectivity index (χ3n) is 3.15. The van der Waals surface area contributed by atoms with Gasteiger partial charge in [0.05, 0.1) is 12.1 Å². The zero-order valence-electron chi connectivity index (χ0n) is 10.6. The molecular formula is C13H16BrFN2O2. The van der Waals surface area contributed by atoms with Gasteiger partial charge < -0.3 is 15.4 Å². The fourth-order valence-corrected chi connectivity index (χ4v) is 2.31. The maximum absolute atomic E-state index is 13.5. The average molecular weight is 331 g/mol. The minimum atomic E-state index is -0.341. The van der Waals surface area contributed by atoms with Gasteiger partial charge in [0.2, 0.25) is 0 Å². The molecule has 2 N–H and O–H groups in total. The van der Waals surface area contributed by atoms with Crippen molar-refractivity contribution in [2.45, 2.75) is 32.0 Å². The van der Waals surface area contributed by atoms with Crippen LogP contribution in [0.1, 0.15) is 18.9 Å². The number of nitrogens with one attached hydrogen (secondary N) is 2. The molecule has 1 aliphatic heterocycles. The Kier molecular flexibility index (Phi) is 4.76. The molecule has 6 heteroatoms. The summed E-state index contributed by atoms with van der Waals surface area (Å²) in [5, 5.41) is 5.47. The molecule has 19 heavy (non-hydrogen) atoms. The van der Waals surface area contributed by atoms with Crippen LogP contribution in [0, 0.1) is 5.82 Å². The van der Waals surface area contributed by atoms with Gasteiger partial charge in [-0.25, -0.2) is 9.18 Å². The van der Waals surface area contributed by atoms with Crippen LogP contribution >= 0.6 is 15.9 Å². The first-order valence-electron chi connectivity index (χ1n) is 6.16. The summed E-state index contributed by atoms with van der Waals surface area (Å²) in [5.41, 5.74) is 0.453. The molecule has 1 saturated heterocycles. The first-order valence-corrected chi connectivity index (χ1v) is 6.95. The molecule has 1 fully saturated rings. The number of carbonyl (C=O) groups excluding carboxylic acids is 1. The van der Waals surface area contributed by atoms with Crippen molar-refractivity contribution < 1.29 is 13.9 Å². The van der Waals surface area contributed by atoms with Crippen LogP contribution in [0.25, 0.3) is 0 Å². The second-order valence-corrected chi connectivity index (χ2v) is 5.45. The van der Waals surface area contributed by atoms with Crippen LogP contribution in [0.15, 0.2) is 22.7 Å². The van der Waals surface area contributed by atoms with Gasteiger partial charge in [0.15, 0.2) is 0 Å². The number of hydrogen-bond acceptors (Lipinski definition) is 2. The molecule has 0 saturated carbocycles. The predicted molar refractivity (Wildman–Crippen MR) is 73.3 cm³/mol. The highest BCUT2D eigenvalue weighted by atomic mass is 79.9. The Morgan fingerprint density at radius 1 is 1.58 bits per heavy atom. The molecule has 0 spiro atoms. The van der Waals surface area contributed by atoms with Crippen LogP contribution in [-0.2, 0) is 11.3 Å². The largest absolute Gasteiger partial charge is 0.376 e. The van der Waals surface area contributed by atoms with E-state index in [1.807, 2.05) is 6.92 Å². The van der Waals surface area contributed by atoms with Crippen molar-refractivity contribution in [1.29, 1.82) is 0 Å². The van der Waals surface area contributed by atoms with E-state index in [4.69, 9.17) is 4.74 Å². The number of rotatable bonds is 3. The SMILES string of the molecule is C[C@H]1OCC[C@H]1NC(=O)NCc1ccc(Br)cc1F. The number of urea groups is 1. The Morgan fingerprint density at radius 2 is 2.37 bits per heavy atom. The molecule has 1 aromatic carbocycles. The predicted octanol–water partition coefficient (Wildman–Crippen LogP) is 2.56. The Hall–Kier alpha value is -1.14. The molecule has 1 heterocycles. The highest BCUT2D eigenvalue weighted by Crippen LogP contribution is 2.15. The van der Waals surface area contributed by atoms with Crippen molar-refractivity contribution in [3.63, 3.8) is 0 Å². The van der Waals surface area contributed by atoms with E-state index in [9.17, 15) is 9.18 Å². The number of ether oxygens (including phenoxy) is 1. The summed E-state index contributed by atoms with van der Waals surface area (Å²) in [7, 11) is 0. The summed E-state index contributed by atoms with van der Waals surface area (Å²) in [4.78, 5) is 11.7. The molecule has 0 bridgehead atoms. The highest BCUT2D eigenvalue weighted by Gasteiger charge is 2.25. The van der Waals surface area contributed by atoms with E-state index in [0.29, 0.717) is 16.6 Å². The summed E-state index contributed by atoms with van der Waals surface area (Å²) < 4.78 is 19.6. The minimum absolute atomic E-state index is 0.0229. The van der Waals surface area contributed by atoms with Crippen LogP contribution in [0.5, 0.6) is 0 Å². The summed E-state index contributed by atoms with van der Waals surface area (Å²) in [6.45, 7) is 2.74. The van der Waals surface area contributed by atoms with E-state index in [0.717, 1.165) is 6.42 Å². The standard InChI is InChI=1S/C13H16BrFN2O2/c1-8-12(4-5-19-8)17-13(18)16-7-9-2-3-10(14)6-11(9)15/h2-3,6,8,12H,4-5,7H2,1H3,(H2,16,17,18)/t8-,12-/m1/s1. The quantitative estimate of drug-likeness (QED) is 0.894. The fraction of sp³-hybridized carbons (Fsp3) is 0.462. The summed E-state index contributed by atoms with van der Waals surface area (Å²) in [6.07, 6.45) is 0.830. The Balaban J connectivity index is 1.83. The Morgan fingerprint density at radius 3 is 3.00 bits per heavy atom. The minimum Gasteiger partial charge on any atom is -0.376 e. The zero-order valence-corrected chi connectivity index (χ0v) is 12.2. The number of amides is 2. The van der Waals surface area contributed by atoms with Crippen LogP contribution in [-0.4, -0.2) is 24.8 Å². The Labute approximate surface area is 119 Å². The summed E-state index contributed by atoms with van der Waals surface area (Å²) in [5.74, 6) is -0.341. The third-order valence-corrected chi connectivity index (χ3v) is 3.64. The molecule has 0 aromatic heterocycles. The van der Waals surface area contributed by atoms with Crippen molar-refractivity contribution in [3.8, 4) is 0 Å². The molecule has 4 nitrogen and oxygen atoms in total. The fourth-order valence-electron chi connectivity index (χ4n) is 1.98. The van der Waals surface area contributed by atoms with Crippen LogP contribution in [0.2, 0.25) is 0 Å². The van der Waals surface area contributed by atoms with Crippen molar-refractivity contribution in [3.05, 3.63) is 34.1 Å². The van der Waals surface area contributed by atoms with Crippen molar-refractivity contribution >= 4 is 22.0 Å². The lowest BCUT2D eigenvalue weighted by atomic mass is 10.2. The second-order valence-electron chi connectivity index (χ2n) is 4.53. The molecule has 0 unspecified atom stereocenters. The number of carbonyl (C=O) groups is 1. The molecule has 1 aliphatic rings. The lowest BCUT2D eigenvalue weighted by molar-refractivity contribution is 0.114. The van der Waals surface area contributed by atoms with Gasteiger partial charge in [0.1, 0.15) is 5.82 Å². The number of hydrogen-bond donors (Lipinski definition) is 2. The highest BCUT2D eigenvalue weighted by molar-refractivity contribution is 9.10. The summed E-state index contributed by atoms with van der Waals surface area (Å²) in [6, 6.07) is 4.48. The van der Waals surface area contributed by atoms with Crippen LogP contribution in [0.4, 0.5) is 9.18 Å². The smallest absolute Gasteiger partial charge is 0.315 e. The molecule has 2 rings (SSSR count). The van der Waals surface area contributed by atoms with E-state index in [1.54, 1.807) is 12.1 Å². The van der Waals surface area contributed by atoms with Gasteiger partial charge >= 0.3 is 6.03 Å². The summed E-state index contributed by atoms with van der Waals surface area (Å²) >= 11 is 3.19. The maximum atomic E-state index is 13.5. The maximum Gasteiger partial charge on any atom is 0.315 e. The molecule has 2 atom stereocenters. The van der Waals surface area contributed by atoms with Crippen LogP contribution in [0.3, 0.4) is 0 Å². The number of halogens is 2. The number of benzene rings is 1. The lowest BCUT2D eigenvalue weighted by Crippen LogP contribution is -2.44. The molecular weight excluding hydrogens is 315 g/mol. The van der Waals surface area contributed by atoms with Crippen molar-refractivity contribution in [1.82, 2.24) is 10.6 Å². The zero-order chi connectivity index (χ0) is 13.8. The van der Waals surface area contributed by atoms with E-state index < -0.39 is 0 Å². The van der Waals surface area contributed by atoms with Crippen LogP contribution < -0.4 is 10.6 Å². The second kappa shape index (κ2) is 6.34. The molecule has 0 radical (unpaired) electrons.